The van der Waals surface area contributed by atoms with Gasteiger partial charge in [0.15, 0.2) is 0 Å². The van der Waals surface area contributed by atoms with Gasteiger partial charge in [-0.25, -0.2) is 4.39 Å². The van der Waals surface area contributed by atoms with Crippen LogP contribution in [0.4, 0.5) is 4.39 Å². The van der Waals surface area contributed by atoms with Crippen LogP contribution < -0.4 is 0 Å². The molecule has 2 aliphatic rings. The van der Waals surface area contributed by atoms with E-state index in [-0.39, 0.29) is 5.82 Å². The van der Waals surface area contributed by atoms with Gasteiger partial charge in [-0.1, -0.05) is 55.0 Å². The fraction of sp³-hybridized carbons (Fsp3) is 0.364. The summed E-state index contributed by atoms with van der Waals surface area (Å²) in [7, 11) is 0. The Morgan fingerprint density at radius 1 is 1.04 bits per heavy atom. The van der Waals surface area contributed by atoms with E-state index in [1.165, 1.54) is 16.7 Å². The van der Waals surface area contributed by atoms with Crippen LogP contribution in [0.1, 0.15) is 30.9 Å². The molecule has 1 heterocycles. The van der Waals surface area contributed by atoms with Crippen molar-refractivity contribution in [1.29, 1.82) is 0 Å². The lowest BCUT2D eigenvalue weighted by Gasteiger charge is -2.35. The zero-order chi connectivity index (χ0) is 16.5. The van der Waals surface area contributed by atoms with Crippen molar-refractivity contribution in [2.45, 2.75) is 26.3 Å². The van der Waals surface area contributed by atoms with Crippen molar-refractivity contribution in [3.63, 3.8) is 0 Å². The summed E-state index contributed by atoms with van der Waals surface area (Å²) in [6.45, 7) is 5.69. The topological polar surface area (TPSA) is 3.24 Å². The zero-order valence-corrected chi connectivity index (χ0v) is 14.2. The summed E-state index contributed by atoms with van der Waals surface area (Å²) in [5.74, 6) is 1.19. The normalized spacial score (nSPS) is 24.2. The van der Waals surface area contributed by atoms with Crippen molar-refractivity contribution >= 4 is 5.57 Å². The quantitative estimate of drug-likeness (QED) is 0.756. The van der Waals surface area contributed by atoms with Gasteiger partial charge < -0.3 is 0 Å². The van der Waals surface area contributed by atoms with Crippen molar-refractivity contribution in [1.82, 2.24) is 4.90 Å². The molecule has 0 radical (unpaired) electrons. The number of allylic oxidation sites excluding steroid dienone is 1. The van der Waals surface area contributed by atoms with Crippen LogP contribution in [0, 0.1) is 17.7 Å². The molecule has 1 aliphatic carbocycles. The molecule has 24 heavy (non-hydrogen) atoms. The van der Waals surface area contributed by atoms with Crippen LogP contribution in [0.3, 0.4) is 0 Å². The van der Waals surface area contributed by atoms with Gasteiger partial charge in [0, 0.05) is 19.6 Å². The van der Waals surface area contributed by atoms with Gasteiger partial charge in [-0.05, 0) is 53.5 Å². The lowest BCUT2D eigenvalue weighted by molar-refractivity contribution is 0.185. The predicted octanol–water partition coefficient (Wildman–Crippen LogP) is 5.14. The Morgan fingerprint density at radius 3 is 2.54 bits per heavy atom. The van der Waals surface area contributed by atoms with E-state index in [9.17, 15) is 4.39 Å². The number of nitrogens with zero attached hydrogens (tertiary/aromatic N) is 1. The molecule has 1 aliphatic heterocycles. The first-order chi connectivity index (χ1) is 11.7. The second-order valence-electron chi connectivity index (χ2n) is 7.27. The first-order valence-electron chi connectivity index (χ1n) is 8.95. The maximum absolute atomic E-state index is 13.2. The molecule has 2 aromatic carbocycles. The second kappa shape index (κ2) is 6.52. The molecule has 2 heteroatoms. The molecule has 2 atom stereocenters. The van der Waals surface area contributed by atoms with Crippen molar-refractivity contribution in [3.8, 4) is 0 Å². The molecule has 0 bridgehead atoms. The molecule has 0 amide bonds. The van der Waals surface area contributed by atoms with Gasteiger partial charge >= 0.3 is 0 Å². The molecule has 1 saturated heterocycles. The molecule has 124 valence electrons. The number of hydrogen-bond donors (Lipinski definition) is 0. The Kier molecular flexibility index (Phi) is 4.24. The highest BCUT2D eigenvalue weighted by Crippen LogP contribution is 2.46. The minimum atomic E-state index is -0.148. The summed E-state index contributed by atoms with van der Waals surface area (Å²) in [5.41, 5.74) is 5.72. The summed E-state index contributed by atoms with van der Waals surface area (Å²) in [6, 6.07) is 17.8. The van der Waals surface area contributed by atoms with Crippen LogP contribution >= 0.6 is 0 Å². The summed E-state index contributed by atoms with van der Waals surface area (Å²) >= 11 is 0. The molecule has 0 aromatic heterocycles. The smallest absolute Gasteiger partial charge is 0.123 e. The number of benzene rings is 2. The molecule has 2 unspecified atom stereocenters. The van der Waals surface area contributed by atoms with E-state index in [4.69, 9.17) is 0 Å². The second-order valence-corrected chi connectivity index (χ2v) is 7.27. The zero-order valence-electron chi connectivity index (χ0n) is 14.2. The summed E-state index contributed by atoms with van der Waals surface area (Å²) in [5, 5.41) is 0. The van der Waals surface area contributed by atoms with Gasteiger partial charge in [-0.2, -0.15) is 0 Å². The Morgan fingerprint density at radius 2 is 1.79 bits per heavy atom. The van der Waals surface area contributed by atoms with Gasteiger partial charge in [-0.3, -0.25) is 4.90 Å². The van der Waals surface area contributed by atoms with E-state index in [0.29, 0.717) is 11.8 Å². The number of halogens is 1. The highest BCUT2D eigenvalue weighted by atomic mass is 19.1. The molecule has 0 saturated carbocycles. The third kappa shape index (κ3) is 3.03. The van der Waals surface area contributed by atoms with Crippen LogP contribution in [-0.4, -0.2) is 18.0 Å². The fourth-order valence-corrected chi connectivity index (χ4v) is 4.38. The van der Waals surface area contributed by atoms with Crippen molar-refractivity contribution in [3.05, 3.63) is 77.1 Å². The third-order valence-electron chi connectivity index (χ3n) is 5.64. The van der Waals surface area contributed by atoms with Gasteiger partial charge in [0.1, 0.15) is 5.82 Å². The highest BCUT2D eigenvalue weighted by Gasteiger charge is 2.36. The van der Waals surface area contributed by atoms with Crippen molar-refractivity contribution in [2.24, 2.45) is 11.8 Å². The number of likely N-dealkylation sites (tertiary alicyclic amines) is 1. The number of piperidine rings is 1. The van der Waals surface area contributed by atoms with E-state index in [0.717, 1.165) is 32.5 Å². The molecule has 0 N–H and O–H groups in total. The van der Waals surface area contributed by atoms with Gasteiger partial charge in [0.05, 0.1) is 0 Å². The lowest BCUT2D eigenvalue weighted by Crippen LogP contribution is -2.37. The first kappa shape index (κ1) is 15.6. The van der Waals surface area contributed by atoms with Crippen molar-refractivity contribution < 1.29 is 4.39 Å². The van der Waals surface area contributed by atoms with E-state index in [2.05, 4.69) is 42.2 Å². The standard InChI is InChI=1S/C22H24FN/c1-16-13-21(18-7-9-19(23)10-8-18)20-11-12-24(15-22(16)20)14-17-5-3-2-4-6-17/h2-10,16,22H,11-15H2,1H3. The van der Waals surface area contributed by atoms with Crippen LogP contribution in [0.5, 0.6) is 0 Å². The Labute approximate surface area is 143 Å². The monoisotopic (exact) mass is 321 g/mol. The number of rotatable bonds is 3. The molecular formula is C22H24FN. The van der Waals surface area contributed by atoms with Gasteiger partial charge in [0.2, 0.25) is 0 Å². The number of hydrogen-bond acceptors (Lipinski definition) is 1. The van der Waals surface area contributed by atoms with Crippen LogP contribution in [0.2, 0.25) is 0 Å². The predicted molar refractivity (Wildman–Crippen MR) is 96.9 cm³/mol. The average Bonchev–Trinajstić information content (AvgIpc) is 2.93. The maximum atomic E-state index is 13.2. The van der Waals surface area contributed by atoms with Crippen LogP contribution in [0.15, 0.2) is 60.2 Å². The summed E-state index contributed by atoms with van der Waals surface area (Å²) < 4.78 is 13.2. The molecule has 0 spiro atoms. The molecule has 4 rings (SSSR count). The van der Waals surface area contributed by atoms with E-state index < -0.39 is 0 Å². The lowest BCUT2D eigenvalue weighted by atomic mass is 9.87. The highest BCUT2D eigenvalue weighted by molar-refractivity contribution is 5.72. The fourth-order valence-electron chi connectivity index (χ4n) is 4.38. The first-order valence-corrected chi connectivity index (χ1v) is 8.95. The van der Waals surface area contributed by atoms with Crippen molar-refractivity contribution in [2.75, 3.05) is 13.1 Å². The molecular weight excluding hydrogens is 297 g/mol. The molecule has 2 aromatic rings. The number of fused-ring (bicyclic) bond motifs is 1. The van der Waals surface area contributed by atoms with Gasteiger partial charge in [-0.15, -0.1) is 0 Å². The van der Waals surface area contributed by atoms with Crippen LogP contribution in [0.25, 0.3) is 5.57 Å². The van der Waals surface area contributed by atoms with Gasteiger partial charge in [0.25, 0.3) is 0 Å². The Bertz CT molecular complexity index is 732. The minimum Gasteiger partial charge on any atom is -0.298 e. The Hall–Kier alpha value is -1.93. The average molecular weight is 321 g/mol. The molecule has 1 fully saturated rings. The maximum Gasteiger partial charge on any atom is 0.123 e. The minimum absolute atomic E-state index is 0.148. The Balaban J connectivity index is 1.53. The SMILES string of the molecule is CC1CC(c2ccc(F)cc2)=C2CCN(Cc3ccccc3)CC21. The van der Waals surface area contributed by atoms with E-state index in [1.807, 2.05) is 12.1 Å². The summed E-state index contributed by atoms with van der Waals surface area (Å²) in [6.07, 6.45) is 2.28. The molecule has 1 nitrogen and oxygen atoms in total. The van der Waals surface area contributed by atoms with E-state index >= 15 is 0 Å². The summed E-state index contributed by atoms with van der Waals surface area (Å²) in [4.78, 5) is 2.59. The largest absolute Gasteiger partial charge is 0.298 e. The van der Waals surface area contributed by atoms with E-state index in [1.54, 1.807) is 17.7 Å². The van der Waals surface area contributed by atoms with Crippen LogP contribution in [-0.2, 0) is 6.54 Å². The third-order valence-corrected chi connectivity index (χ3v) is 5.64.